The van der Waals surface area contributed by atoms with E-state index in [2.05, 4.69) is 21.2 Å². The Hall–Kier alpha value is -1.75. The topological polar surface area (TPSA) is 29.1 Å². The highest BCUT2D eigenvalue weighted by Crippen LogP contribution is 2.16. The van der Waals surface area contributed by atoms with Crippen molar-refractivity contribution in [2.75, 3.05) is 5.33 Å². The van der Waals surface area contributed by atoms with E-state index in [1.807, 2.05) is 30.3 Å². The van der Waals surface area contributed by atoms with Gasteiger partial charge >= 0.3 is 0 Å². The van der Waals surface area contributed by atoms with Gasteiger partial charge in [-0.1, -0.05) is 58.4 Å². The first-order valence-electron chi connectivity index (χ1n) is 6.45. The molecule has 1 amide bonds. The number of hydrogen-bond acceptors (Lipinski definition) is 1. The SMILES string of the molecule is O=C(Cc1cccc(F)c1F)NC(CBr)c1ccccc1. The molecule has 0 saturated heterocycles. The molecule has 2 aromatic carbocycles. The molecule has 1 N–H and O–H groups in total. The molecule has 1 unspecified atom stereocenters. The highest BCUT2D eigenvalue weighted by Gasteiger charge is 2.16. The van der Waals surface area contributed by atoms with Crippen molar-refractivity contribution in [3.63, 3.8) is 0 Å². The van der Waals surface area contributed by atoms with Crippen molar-refractivity contribution in [1.29, 1.82) is 0 Å². The third-order valence-corrected chi connectivity index (χ3v) is 3.72. The van der Waals surface area contributed by atoms with E-state index in [0.29, 0.717) is 5.33 Å². The minimum absolute atomic E-state index is 0.0499. The minimum atomic E-state index is -0.970. The lowest BCUT2D eigenvalue weighted by Crippen LogP contribution is -2.31. The first-order valence-corrected chi connectivity index (χ1v) is 7.57. The molecule has 21 heavy (non-hydrogen) atoms. The number of amides is 1. The van der Waals surface area contributed by atoms with Gasteiger partial charge in [-0.2, -0.15) is 0 Å². The molecule has 0 saturated carbocycles. The van der Waals surface area contributed by atoms with Gasteiger partial charge in [0, 0.05) is 10.9 Å². The molecule has 2 rings (SSSR count). The predicted molar refractivity (Wildman–Crippen MR) is 81.2 cm³/mol. The van der Waals surface area contributed by atoms with Gasteiger partial charge in [0.25, 0.3) is 0 Å². The van der Waals surface area contributed by atoms with E-state index in [0.717, 1.165) is 11.6 Å². The predicted octanol–water partition coefficient (Wildman–Crippen LogP) is 3.76. The molecule has 0 bridgehead atoms. The third kappa shape index (κ3) is 4.11. The average molecular weight is 354 g/mol. The Balaban J connectivity index is 2.05. The summed E-state index contributed by atoms with van der Waals surface area (Å²) in [5.74, 6) is -2.27. The van der Waals surface area contributed by atoms with Crippen LogP contribution in [0.15, 0.2) is 48.5 Å². The summed E-state index contributed by atoms with van der Waals surface area (Å²) >= 11 is 3.34. The van der Waals surface area contributed by atoms with Gasteiger partial charge in [-0.15, -0.1) is 0 Å². The average Bonchev–Trinajstić information content (AvgIpc) is 2.50. The minimum Gasteiger partial charge on any atom is -0.348 e. The zero-order valence-corrected chi connectivity index (χ0v) is 12.7. The maximum Gasteiger partial charge on any atom is 0.225 e. The Labute approximate surface area is 130 Å². The van der Waals surface area contributed by atoms with E-state index in [-0.39, 0.29) is 23.9 Å². The molecular weight excluding hydrogens is 340 g/mol. The summed E-state index contributed by atoms with van der Waals surface area (Å²) in [5, 5.41) is 3.34. The van der Waals surface area contributed by atoms with E-state index >= 15 is 0 Å². The van der Waals surface area contributed by atoms with Crippen LogP contribution in [0, 0.1) is 11.6 Å². The van der Waals surface area contributed by atoms with E-state index < -0.39 is 11.6 Å². The molecule has 1 atom stereocenters. The van der Waals surface area contributed by atoms with Crippen LogP contribution in [0.25, 0.3) is 0 Å². The van der Waals surface area contributed by atoms with Crippen LogP contribution >= 0.6 is 15.9 Å². The molecule has 110 valence electrons. The van der Waals surface area contributed by atoms with Crippen molar-refractivity contribution < 1.29 is 13.6 Å². The van der Waals surface area contributed by atoms with E-state index in [4.69, 9.17) is 0 Å². The summed E-state index contributed by atoms with van der Waals surface area (Å²) in [6.45, 7) is 0. The summed E-state index contributed by atoms with van der Waals surface area (Å²) in [4.78, 5) is 12.0. The fraction of sp³-hybridized carbons (Fsp3) is 0.188. The van der Waals surface area contributed by atoms with E-state index in [1.165, 1.54) is 12.1 Å². The summed E-state index contributed by atoms with van der Waals surface area (Å²) in [6, 6.07) is 13.1. The van der Waals surface area contributed by atoms with Crippen molar-refractivity contribution in [2.45, 2.75) is 12.5 Å². The molecule has 0 aromatic heterocycles. The van der Waals surface area contributed by atoms with Gasteiger partial charge in [-0.25, -0.2) is 8.78 Å². The Kier molecular flexibility index (Phi) is 5.44. The van der Waals surface area contributed by atoms with Crippen molar-refractivity contribution >= 4 is 21.8 Å². The van der Waals surface area contributed by atoms with Gasteiger partial charge in [0.1, 0.15) is 0 Å². The molecule has 0 aliphatic rings. The fourth-order valence-electron chi connectivity index (χ4n) is 2.00. The number of hydrogen-bond donors (Lipinski definition) is 1. The quantitative estimate of drug-likeness (QED) is 0.814. The lowest BCUT2D eigenvalue weighted by atomic mass is 10.1. The number of benzene rings is 2. The van der Waals surface area contributed by atoms with Gasteiger partial charge in [-0.05, 0) is 11.6 Å². The van der Waals surface area contributed by atoms with Gasteiger partial charge in [0.15, 0.2) is 11.6 Å². The number of rotatable bonds is 5. The van der Waals surface area contributed by atoms with Crippen LogP contribution in [0.2, 0.25) is 0 Å². The molecule has 0 radical (unpaired) electrons. The lowest BCUT2D eigenvalue weighted by Gasteiger charge is -2.17. The standard InChI is InChI=1S/C16H14BrF2NO/c17-10-14(11-5-2-1-3-6-11)20-15(21)9-12-7-4-8-13(18)16(12)19/h1-8,14H,9-10H2,(H,20,21). The van der Waals surface area contributed by atoms with Crippen LogP contribution in [0.5, 0.6) is 0 Å². The van der Waals surface area contributed by atoms with E-state index in [1.54, 1.807) is 0 Å². The molecule has 0 aliphatic carbocycles. The normalized spacial score (nSPS) is 12.0. The molecular formula is C16H14BrF2NO. The molecule has 0 fully saturated rings. The summed E-state index contributed by atoms with van der Waals surface area (Å²) in [6.07, 6.45) is -0.195. The first kappa shape index (κ1) is 15.6. The number of halogens is 3. The second-order valence-corrected chi connectivity index (χ2v) is 5.22. The smallest absolute Gasteiger partial charge is 0.225 e. The highest BCUT2D eigenvalue weighted by atomic mass is 79.9. The summed E-state index contributed by atoms with van der Waals surface area (Å²) in [7, 11) is 0. The van der Waals surface area contributed by atoms with Crippen LogP contribution in [0.4, 0.5) is 8.78 Å². The van der Waals surface area contributed by atoms with Gasteiger partial charge in [-0.3, -0.25) is 4.79 Å². The van der Waals surface area contributed by atoms with Crippen molar-refractivity contribution in [2.24, 2.45) is 0 Å². The van der Waals surface area contributed by atoms with Crippen LogP contribution in [0.3, 0.4) is 0 Å². The Morgan fingerprint density at radius 1 is 1.10 bits per heavy atom. The molecule has 0 spiro atoms. The molecule has 0 aliphatic heterocycles. The van der Waals surface area contributed by atoms with Crippen LogP contribution in [-0.2, 0) is 11.2 Å². The first-order chi connectivity index (χ1) is 10.1. The van der Waals surface area contributed by atoms with E-state index in [9.17, 15) is 13.6 Å². The zero-order valence-electron chi connectivity index (χ0n) is 11.2. The van der Waals surface area contributed by atoms with Crippen molar-refractivity contribution in [1.82, 2.24) is 5.32 Å². The Bertz CT molecular complexity index is 619. The van der Waals surface area contributed by atoms with Crippen LogP contribution in [-0.4, -0.2) is 11.2 Å². The molecule has 2 nitrogen and oxygen atoms in total. The number of carbonyl (C=O) groups is 1. The van der Waals surface area contributed by atoms with Gasteiger partial charge in [0.05, 0.1) is 12.5 Å². The molecule has 2 aromatic rings. The number of carbonyl (C=O) groups excluding carboxylic acids is 1. The fourth-order valence-corrected chi connectivity index (χ4v) is 2.54. The second-order valence-electron chi connectivity index (χ2n) is 4.57. The highest BCUT2D eigenvalue weighted by molar-refractivity contribution is 9.09. The Morgan fingerprint density at radius 3 is 2.48 bits per heavy atom. The van der Waals surface area contributed by atoms with Crippen LogP contribution < -0.4 is 5.32 Å². The van der Waals surface area contributed by atoms with Crippen LogP contribution in [0.1, 0.15) is 17.2 Å². The second kappa shape index (κ2) is 7.31. The maximum absolute atomic E-state index is 13.5. The largest absolute Gasteiger partial charge is 0.348 e. The van der Waals surface area contributed by atoms with Gasteiger partial charge in [0.2, 0.25) is 5.91 Å². The third-order valence-electron chi connectivity index (χ3n) is 3.07. The number of nitrogens with one attached hydrogen (secondary N) is 1. The van der Waals surface area contributed by atoms with Crippen molar-refractivity contribution in [3.8, 4) is 0 Å². The monoisotopic (exact) mass is 353 g/mol. The number of alkyl halides is 1. The Morgan fingerprint density at radius 2 is 1.81 bits per heavy atom. The maximum atomic E-state index is 13.5. The molecule has 5 heteroatoms. The van der Waals surface area contributed by atoms with Gasteiger partial charge < -0.3 is 5.32 Å². The molecule has 0 heterocycles. The lowest BCUT2D eigenvalue weighted by molar-refractivity contribution is -0.121. The zero-order chi connectivity index (χ0) is 15.2. The van der Waals surface area contributed by atoms with Crippen molar-refractivity contribution in [3.05, 3.63) is 71.3 Å². The summed E-state index contributed by atoms with van der Waals surface area (Å²) in [5.41, 5.74) is 0.997. The summed E-state index contributed by atoms with van der Waals surface area (Å²) < 4.78 is 26.6.